The number of nitrogens with zero attached hydrogens (tertiary/aromatic N) is 5. The van der Waals surface area contributed by atoms with Gasteiger partial charge in [0.2, 0.25) is 11.1 Å². The Morgan fingerprint density at radius 3 is 2.71 bits per heavy atom. The Labute approximate surface area is 200 Å². The molecule has 3 heterocycles. The molecule has 0 saturated carbocycles. The third-order valence-corrected chi connectivity index (χ3v) is 7.45. The van der Waals surface area contributed by atoms with E-state index >= 15 is 0 Å². The van der Waals surface area contributed by atoms with Gasteiger partial charge in [-0.15, -0.1) is 16.9 Å². The van der Waals surface area contributed by atoms with Gasteiger partial charge < -0.3 is 20.6 Å². The zero-order valence-electron chi connectivity index (χ0n) is 17.3. The van der Waals surface area contributed by atoms with Crippen LogP contribution in [0.2, 0.25) is 0 Å². The van der Waals surface area contributed by atoms with E-state index in [1.54, 1.807) is 18.2 Å². The highest BCUT2D eigenvalue weighted by molar-refractivity contribution is 8.01. The summed E-state index contributed by atoms with van der Waals surface area (Å²) < 4.78 is 1.08. The van der Waals surface area contributed by atoms with Crippen molar-refractivity contribution in [2.75, 3.05) is 11.5 Å². The maximum absolute atomic E-state index is 12.8. The molecule has 0 aliphatic carbocycles. The molecule has 34 heavy (non-hydrogen) atoms. The number of aliphatic carboxylic acids is 2. The van der Waals surface area contributed by atoms with E-state index in [1.807, 2.05) is 0 Å². The zero-order valence-corrected chi connectivity index (χ0v) is 19.0. The Bertz CT molecular complexity index is 1200. The van der Waals surface area contributed by atoms with Gasteiger partial charge in [0.05, 0.1) is 6.42 Å². The quantitative estimate of drug-likeness (QED) is 0.253. The Kier molecular flexibility index (Phi) is 6.74. The zero-order chi connectivity index (χ0) is 24.4. The number of carboxylic acids is 2. The number of aromatic nitrogens is 4. The van der Waals surface area contributed by atoms with Crippen LogP contribution in [-0.2, 0) is 32.1 Å². The van der Waals surface area contributed by atoms with E-state index in [0.717, 1.165) is 21.3 Å². The first kappa shape index (κ1) is 23.6. The van der Waals surface area contributed by atoms with Gasteiger partial charge in [-0.25, -0.2) is 9.48 Å². The van der Waals surface area contributed by atoms with Gasteiger partial charge in [0.25, 0.3) is 5.91 Å². The van der Waals surface area contributed by atoms with Gasteiger partial charge >= 0.3 is 11.9 Å². The van der Waals surface area contributed by atoms with Crippen LogP contribution in [0.4, 0.5) is 0 Å². The van der Waals surface area contributed by atoms with Gasteiger partial charge in [0.1, 0.15) is 29.4 Å². The topological polar surface area (TPSA) is 188 Å². The number of carbonyl (C=O) groups excluding carboxylic acids is 2. The van der Waals surface area contributed by atoms with Crippen LogP contribution >= 0.6 is 23.5 Å². The number of β-lactam (4-membered cyclic amide) rings is 1. The smallest absolute Gasteiger partial charge is 0.352 e. The number of benzene rings is 1. The second-order valence-corrected chi connectivity index (χ2v) is 9.37. The maximum atomic E-state index is 12.8. The van der Waals surface area contributed by atoms with E-state index in [1.165, 1.54) is 17.8 Å². The maximum Gasteiger partial charge on any atom is 0.352 e. The number of fused-ring (bicyclic) bond motifs is 1. The van der Waals surface area contributed by atoms with Crippen LogP contribution in [0, 0.1) is 0 Å². The summed E-state index contributed by atoms with van der Waals surface area (Å²) in [5.74, 6) is -3.02. The fourth-order valence-corrected chi connectivity index (χ4v) is 5.89. The number of hydrogen-bond donors (Lipinski definition) is 4. The van der Waals surface area contributed by atoms with Crippen molar-refractivity contribution in [2.24, 2.45) is 0 Å². The van der Waals surface area contributed by atoms with Crippen molar-refractivity contribution >= 4 is 47.3 Å². The molecule has 178 valence electrons. The number of rotatable bonds is 9. The molecule has 4 N–H and O–H groups in total. The first-order valence-electron chi connectivity index (χ1n) is 9.83. The molecule has 0 spiro atoms. The molecular weight excluding hydrogens is 488 g/mol. The molecule has 13 nitrogen and oxygen atoms in total. The van der Waals surface area contributed by atoms with Gasteiger partial charge in [-0.3, -0.25) is 19.3 Å². The third-order valence-electron chi connectivity index (χ3n) is 5.07. The van der Waals surface area contributed by atoms with Crippen LogP contribution in [0.5, 0.6) is 5.75 Å². The number of carbonyl (C=O) groups is 4. The second-order valence-electron chi connectivity index (χ2n) is 7.32. The monoisotopic (exact) mass is 506 g/mol. The number of thioether (sulfide) groups is 2. The number of hydrogen-bond acceptors (Lipinski definition) is 10. The molecule has 1 aromatic carbocycles. The lowest BCUT2D eigenvalue weighted by molar-refractivity contribution is -0.150. The summed E-state index contributed by atoms with van der Waals surface area (Å²) in [7, 11) is 0. The standard InChI is InChI=1S/C19H18N6O7S2/c26-11-4-2-1-3-9(11)5-12(27)20-14-16(30)25-15(18(31)32)10(7-33-17(14)25)8-34-19-21-22-23-24(19)6-13(28)29/h1-4,14,17,26H,5-8H2,(H,20,27)(H,28,29)(H,31,32)/t14?,17-/m1/s1. The molecule has 15 heteroatoms. The van der Waals surface area contributed by atoms with Crippen molar-refractivity contribution < 1.29 is 34.5 Å². The van der Waals surface area contributed by atoms with Crippen LogP contribution in [-0.4, -0.2) is 87.1 Å². The molecule has 2 amide bonds. The lowest BCUT2D eigenvalue weighted by atomic mass is 10.0. The lowest BCUT2D eigenvalue weighted by Crippen LogP contribution is -2.70. The first-order valence-corrected chi connectivity index (χ1v) is 11.9. The van der Waals surface area contributed by atoms with Crippen LogP contribution in [0.3, 0.4) is 0 Å². The summed E-state index contributed by atoms with van der Waals surface area (Å²) in [4.78, 5) is 49.2. The normalized spacial score (nSPS) is 19.4. The van der Waals surface area contributed by atoms with Crippen LogP contribution in [0.1, 0.15) is 5.56 Å². The molecular formula is C19H18N6O7S2. The Morgan fingerprint density at radius 2 is 2.00 bits per heavy atom. The first-order chi connectivity index (χ1) is 16.3. The number of phenols is 1. The molecule has 2 atom stereocenters. The Balaban J connectivity index is 1.43. The van der Waals surface area contributed by atoms with Crippen LogP contribution in [0.15, 0.2) is 40.7 Å². The van der Waals surface area contributed by atoms with Crippen LogP contribution in [0.25, 0.3) is 0 Å². The lowest BCUT2D eigenvalue weighted by Gasteiger charge is -2.49. The highest BCUT2D eigenvalue weighted by atomic mass is 32.2. The minimum atomic E-state index is -1.28. The van der Waals surface area contributed by atoms with Gasteiger partial charge in [-0.1, -0.05) is 30.0 Å². The molecule has 4 rings (SSSR count). The summed E-state index contributed by atoms with van der Waals surface area (Å²) >= 11 is 2.38. The van der Waals surface area contributed by atoms with E-state index in [0.29, 0.717) is 11.1 Å². The number of tetrazole rings is 1. The predicted molar refractivity (Wildman–Crippen MR) is 118 cm³/mol. The Hall–Kier alpha value is -3.59. The van der Waals surface area contributed by atoms with Gasteiger partial charge in [-0.05, 0) is 22.1 Å². The van der Waals surface area contributed by atoms with E-state index in [2.05, 4.69) is 20.8 Å². The summed E-state index contributed by atoms with van der Waals surface area (Å²) in [6.45, 7) is -0.441. The van der Waals surface area contributed by atoms with E-state index in [4.69, 9.17) is 5.11 Å². The highest BCUT2D eigenvalue weighted by Gasteiger charge is 2.54. The van der Waals surface area contributed by atoms with Crippen LogP contribution < -0.4 is 5.32 Å². The average molecular weight is 507 g/mol. The average Bonchev–Trinajstić information content (AvgIpc) is 3.22. The summed E-state index contributed by atoms with van der Waals surface area (Å²) in [6, 6.07) is 5.49. The molecule has 1 aromatic heterocycles. The predicted octanol–water partition coefficient (Wildman–Crippen LogP) is -0.463. The number of phenolic OH excluding ortho intramolecular Hbond substituents is 1. The SMILES string of the molecule is O=C(O)Cn1nnnc1SCC1=C(C(=O)O)N2C(=O)C(NC(=O)Cc3ccccc3O)[C@H]2SC1. The van der Waals surface area contributed by atoms with Crippen molar-refractivity contribution in [3.8, 4) is 5.75 Å². The fourth-order valence-electron chi connectivity index (χ4n) is 3.53. The van der Waals surface area contributed by atoms with Crippen molar-refractivity contribution in [3.63, 3.8) is 0 Å². The van der Waals surface area contributed by atoms with E-state index < -0.39 is 41.7 Å². The minimum absolute atomic E-state index is 0.0288. The molecule has 2 aromatic rings. The summed E-state index contributed by atoms with van der Waals surface area (Å²) in [5.41, 5.74) is 0.705. The number of aromatic hydroxyl groups is 1. The van der Waals surface area contributed by atoms with Crippen molar-refractivity contribution in [2.45, 2.75) is 29.5 Å². The third kappa shape index (κ3) is 4.70. The Morgan fingerprint density at radius 1 is 1.24 bits per heavy atom. The fraction of sp³-hybridized carbons (Fsp3) is 0.316. The van der Waals surface area contributed by atoms with Crippen molar-refractivity contribution in [3.05, 3.63) is 41.1 Å². The second kappa shape index (κ2) is 9.72. The number of nitrogens with one attached hydrogen (secondary N) is 1. The van der Waals surface area contributed by atoms with E-state index in [-0.39, 0.29) is 34.5 Å². The van der Waals surface area contributed by atoms with Gasteiger partial charge in [0.15, 0.2) is 0 Å². The summed E-state index contributed by atoms with van der Waals surface area (Å²) in [5, 5.41) is 41.6. The molecule has 2 aliphatic rings. The highest BCUT2D eigenvalue weighted by Crippen LogP contribution is 2.41. The molecule has 1 unspecified atom stereocenters. The molecule has 0 radical (unpaired) electrons. The number of carboxylic acid groups (broad SMARTS) is 2. The molecule has 2 aliphatic heterocycles. The van der Waals surface area contributed by atoms with E-state index in [9.17, 15) is 29.4 Å². The number of para-hydroxylation sites is 1. The molecule has 0 bridgehead atoms. The minimum Gasteiger partial charge on any atom is -0.508 e. The van der Waals surface area contributed by atoms with Crippen molar-refractivity contribution in [1.29, 1.82) is 0 Å². The van der Waals surface area contributed by atoms with Gasteiger partial charge in [0, 0.05) is 17.1 Å². The summed E-state index contributed by atoms with van der Waals surface area (Å²) in [6.07, 6.45) is -0.123. The van der Waals surface area contributed by atoms with Gasteiger partial charge in [-0.2, -0.15) is 0 Å². The largest absolute Gasteiger partial charge is 0.508 e. The van der Waals surface area contributed by atoms with Crippen molar-refractivity contribution in [1.82, 2.24) is 30.4 Å². The molecule has 1 saturated heterocycles. The molecule has 1 fully saturated rings. The number of amides is 2.